The van der Waals surface area contributed by atoms with E-state index >= 15 is 0 Å². The molecule has 0 amide bonds. The first-order valence-corrected chi connectivity index (χ1v) is 8.70. The van der Waals surface area contributed by atoms with Crippen LogP contribution in [0.1, 0.15) is 30.9 Å². The number of hydrogen-bond acceptors (Lipinski definition) is 3. The third-order valence-electron chi connectivity index (χ3n) is 4.09. The van der Waals surface area contributed by atoms with Gasteiger partial charge >= 0.3 is 0 Å². The Morgan fingerprint density at radius 2 is 2.21 bits per heavy atom. The number of hydrogen-bond donors (Lipinski definition) is 1. The number of aromatic nitrogens is 1. The predicted molar refractivity (Wildman–Crippen MR) is 98.5 cm³/mol. The van der Waals surface area contributed by atoms with Crippen molar-refractivity contribution in [3.8, 4) is 11.1 Å². The van der Waals surface area contributed by atoms with E-state index in [1.165, 1.54) is 19.0 Å². The Morgan fingerprint density at radius 1 is 1.38 bits per heavy atom. The summed E-state index contributed by atoms with van der Waals surface area (Å²) in [6, 6.07) is 10.1. The number of pyridine rings is 1. The molecule has 2 N–H and O–H groups in total. The average molecular weight is 341 g/mol. The van der Waals surface area contributed by atoms with Crippen molar-refractivity contribution in [1.29, 1.82) is 0 Å². The van der Waals surface area contributed by atoms with Gasteiger partial charge in [-0.1, -0.05) is 24.3 Å². The molecule has 0 saturated heterocycles. The molecule has 1 saturated carbocycles. The second-order valence-corrected chi connectivity index (χ2v) is 6.63. The maximum atomic E-state index is 12.8. The maximum absolute atomic E-state index is 12.8. The Morgan fingerprint density at radius 3 is 2.92 bits per heavy atom. The summed E-state index contributed by atoms with van der Waals surface area (Å²) in [5, 5.41) is 0. The standard InChI is InChI=1S/C19H20FN3S/c1-2-4-18(21)23-19(13-7-8-13)15-6-3-5-14(9-15)16-10-17(24-20)12-22-11-16/h2-3,5-6,9-13,19H,1,4,7-8H2,(H2,21,23). The summed E-state index contributed by atoms with van der Waals surface area (Å²) in [4.78, 5) is 9.32. The Labute approximate surface area is 146 Å². The molecule has 1 aliphatic carbocycles. The number of halogens is 1. The lowest BCUT2D eigenvalue weighted by molar-refractivity contribution is 0.634. The lowest BCUT2D eigenvalue weighted by atomic mass is 9.98. The molecule has 1 aliphatic rings. The van der Waals surface area contributed by atoms with Gasteiger partial charge in [0.05, 0.1) is 28.9 Å². The largest absolute Gasteiger partial charge is 0.387 e. The van der Waals surface area contributed by atoms with Crippen LogP contribution in [0.2, 0.25) is 0 Å². The Bertz CT molecular complexity index is 756. The normalized spacial score (nSPS) is 16.0. The third kappa shape index (κ3) is 4.03. The fourth-order valence-electron chi connectivity index (χ4n) is 2.76. The molecule has 1 unspecified atom stereocenters. The van der Waals surface area contributed by atoms with Crippen LogP contribution in [-0.4, -0.2) is 10.8 Å². The van der Waals surface area contributed by atoms with Gasteiger partial charge in [-0.3, -0.25) is 9.98 Å². The van der Waals surface area contributed by atoms with Gasteiger partial charge in [0.2, 0.25) is 0 Å². The second-order valence-electron chi connectivity index (χ2n) is 6.01. The summed E-state index contributed by atoms with van der Waals surface area (Å²) in [5.74, 6) is 1.17. The summed E-state index contributed by atoms with van der Waals surface area (Å²) >= 11 is 0.207. The molecule has 3 nitrogen and oxygen atoms in total. The monoisotopic (exact) mass is 341 g/mol. The zero-order chi connectivity index (χ0) is 16.9. The number of aliphatic imine (C=N–C) groups is 1. The molecule has 2 aromatic rings. The molecule has 1 heterocycles. The molecule has 5 heteroatoms. The smallest absolute Gasteiger partial charge is 0.0982 e. The average Bonchev–Trinajstić information content (AvgIpc) is 3.45. The van der Waals surface area contributed by atoms with Crippen LogP contribution in [0.15, 0.2) is 65.3 Å². The highest BCUT2D eigenvalue weighted by Gasteiger charge is 2.32. The van der Waals surface area contributed by atoms with E-state index in [-0.39, 0.29) is 18.2 Å². The van der Waals surface area contributed by atoms with Crippen molar-refractivity contribution in [3.63, 3.8) is 0 Å². The first-order valence-electron chi connectivity index (χ1n) is 7.98. The highest BCUT2D eigenvalue weighted by atomic mass is 32.2. The van der Waals surface area contributed by atoms with Gasteiger partial charge in [0, 0.05) is 24.4 Å². The van der Waals surface area contributed by atoms with Crippen molar-refractivity contribution in [2.45, 2.75) is 30.2 Å². The minimum atomic E-state index is 0.0802. The second kappa shape index (κ2) is 7.62. The van der Waals surface area contributed by atoms with Crippen LogP contribution in [0.3, 0.4) is 0 Å². The molecule has 1 aromatic heterocycles. The lowest BCUT2D eigenvalue weighted by Gasteiger charge is -2.15. The molecule has 0 aliphatic heterocycles. The zero-order valence-corrected chi connectivity index (χ0v) is 14.2. The first kappa shape index (κ1) is 16.7. The number of rotatable bonds is 7. The first-order chi connectivity index (χ1) is 11.7. The van der Waals surface area contributed by atoms with Crippen LogP contribution >= 0.6 is 12.1 Å². The molecule has 1 fully saturated rings. The van der Waals surface area contributed by atoms with E-state index in [1.54, 1.807) is 18.3 Å². The lowest BCUT2D eigenvalue weighted by Crippen LogP contribution is -2.13. The van der Waals surface area contributed by atoms with Crippen molar-refractivity contribution < 1.29 is 3.89 Å². The van der Waals surface area contributed by atoms with Crippen LogP contribution in [0.25, 0.3) is 11.1 Å². The van der Waals surface area contributed by atoms with Gasteiger partial charge in [0.1, 0.15) is 0 Å². The van der Waals surface area contributed by atoms with E-state index in [4.69, 9.17) is 10.7 Å². The van der Waals surface area contributed by atoms with E-state index in [9.17, 15) is 3.89 Å². The van der Waals surface area contributed by atoms with Gasteiger partial charge in [-0.15, -0.1) is 6.58 Å². The van der Waals surface area contributed by atoms with Crippen LogP contribution in [0.4, 0.5) is 3.89 Å². The van der Waals surface area contributed by atoms with Crippen molar-refractivity contribution in [2.75, 3.05) is 0 Å². The molecule has 24 heavy (non-hydrogen) atoms. The van der Waals surface area contributed by atoms with Crippen LogP contribution < -0.4 is 5.73 Å². The maximum Gasteiger partial charge on any atom is 0.0982 e. The van der Waals surface area contributed by atoms with Crippen molar-refractivity contribution in [2.24, 2.45) is 16.6 Å². The quantitative estimate of drug-likeness (QED) is 0.432. The van der Waals surface area contributed by atoms with E-state index in [2.05, 4.69) is 23.7 Å². The molecule has 0 radical (unpaired) electrons. The predicted octanol–water partition coefficient (Wildman–Crippen LogP) is 5.11. The van der Waals surface area contributed by atoms with Crippen LogP contribution in [0.5, 0.6) is 0 Å². The summed E-state index contributed by atoms with van der Waals surface area (Å²) in [7, 11) is 0. The molecule has 3 rings (SSSR count). The SMILES string of the molecule is C=CCC(N)=NC(c1cccc(-c2cncc(SF)c2)c1)C1CC1. The topological polar surface area (TPSA) is 51.3 Å². The van der Waals surface area contributed by atoms with Gasteiger partial charge in [-0.2, -0.15) is 3.89 Å². The van der Waals surface area contributed by atoms with Crippen molar-refractivity contribution in [1.82, 2.24) is 4.98 Å². The minimum Gasteiger partial charge on any atom is -0.387 e. The van der Waals surface area contributed by atoms with E-state index in [1.807, 2.05) is 12.1 Å². The highest BCUT2D eigenvalue weighted by Crippen LogP contribution is 2.44. The van der Waals surface area contributed by atoms with Gasteiger partial charge in [-0.25, -0.2) is 0 Å². The van der Waals surface area contributed by atoms with E-state index < -0.39 is 0 Å². The number of amidine groups is 1. The molecule has 0 spiro atoms. The van der Waals surface area contributed by atoms with Gasteiger partial charge < -0.3 is 5.73 Å². The molecule has 1 atom stereocenters. The Kier molecular flexibility index (Phi) is 5.30. The molecule has 1 aromatic carbocycles. The van der Waals surface area contributed by atoms with Crippen LogP contribution in [-0.2, 0) is 0 Å². The third-order valence-corrected chi connectivity index (χ3v) is 4.49. The number of nitrogens with two attached hydrogens (primary N) is 1. The molecule has 124 valence electrons. The van der Waals surface area contributed by atoms with Gasteiger partial charge in [0.15, 0.2) is 0 Å². The molecular formula is C19H20FN3S. The fourth-order valence-corrected chi connectivity index (χ4v) is 3.04. The Balaban J connectivity index is 1.93. The Hall–Kier alpha value is -2.14. The van der Waals surface area contributed by atoms with E-state index in [0.717, 1.165) is 16.7 Å². The zero-order valence-electron chi connectivity index (χ0n) is 13.4. The van der Waals surface area contributed by atoms with Gasteiger partial charge in [-0.05, 0) is 42.0 Å². The summed E-state index contributed by atoms with van der Waals surface area (Å²) in [5.41, 5.74) is 9.05. The van der Waals surface area contributed by atoms with Crippen LogP contribution in [0, 0.1) is 5.92 Å². The fraction of sp³-hybridized carbons (Fsp3) is 0.263. The summed E-state index contributed by atoms with van der Waals surface area (Å²) < 4.78 is 12.8. The van der Waals surface area contributed by atoms with Crippen molar-refractivity contribution >= 4 is 18.0 Å². The molecular weight excluding hydrogens is 321 g/mol. The summed E-state index contributed by atoms with van der Waals surface area (Å²) in [6.45, 7) is 3.71. The summed E-state index contributed by atoms with van der Waals surface area (Å²) in [6.07, 6.45) is 7.99. The van der Waals surface area contributed by atoms with Crippen molar-refractivity contribution in [3.05, 3.63) is 60.9 Å². The number of benzene rings is 1. The molecule has 0 bridgehead atoms. The van der Waals surface area contributed by atoms with E-state index in [0.29, 0.717) is 23.1 Å². The highest BCUT2D eigenvalue weighted by molar-refractivity contribution is 7.94. The minimum absolute atomic E-state index is 0.0802. The number of nitrogens with zero attached hydrogens (tertiary/aromatic N) is 2. The van der Waals surface area contributed by atoms with Gasteiger partial charge in [0.25, 0.3) is 0 Å².